The summed E-state index contributed by atoms with van der Waals surface area (Å²) in [6.45, 7) is 6.28. The summed E-state index contributed by atoms with van der Waals surface area (Å²) in [5.41, 5.74) is 2.91. The Morgan fingerprint density at radius 2 is 2.21 bits per heavy atom. The number of alkyl halides is 1. The molecule has 3 rings (SSSR count). The van der Waals surface area contributed by atoms with Gasteiger partial charge in [0.25, 0.3) is 5.91 Å². The molecule has 1 aromatic carbocycles. The van der Waals surface area contributed by atoms with Gasteiger partial charge in [-0.25, -0.2) is 7.60 Å². The van der Waals surface area contributed by atoms with Gasteiger partial charge in [-0.1, -0.05) is 32.0 Å². The van der Waals surface area contributed by atoms with Crippen LogP contribution in [0, 0.1) is 5.92 Å². The second-order valence-corrected chi connectivity index (χ2v) is 8.44. The van der Waals surface area contributed by atoms with Gasteiger partial charge in [0, 0.05) is 44.0 Å². The number of hydrogen-bond donors (Lipinski definition) is 1. The molecule has 1 aliphatic heterocycles. The fraction of sp³-hybridized carbons (Fsp3) is 0.476. The Bertz CT molecular complexity index is 881. The first-order chi connectivity index (χ1) is 13.9. The Hall–Kier alpha value is -1.81. The fourth-order valence-corrected chi connectivity index (χ4v) is 4.18. The minimum Gasteiger partial charge on any atom is -0.345 e. The maximum absolute atomic E-state index is 14.7. The van der Waals surface area contributed by atoms with E-state index in [1.165, 1.54) is 0 Å². The summed E-state index contributed by atoms with van der Waals surface area (Å²) in [4.78, 5) is 15.0. The molecule has 2 atom stereocenters. The molecule has 0 bridgehead atoms. The second-order valence-electron chi connectivity index (χ2n) is 7.95. The predicted octanol–water partition coefficient (Wildman–Crippen LogP) is 3.41. The Labute approximate surface area is 185 Å². The highest BCUT2D eigenvalue weighted by Gasteiger charge is 2.31. The number of carbonyl (C=O) groups excluding carboxylic acids is 1. The average Bonchev–Trinajstić information content (AvgIpc) is 3.11. The molecule has 1 amide bonds. The van der Waals surface area contributed by atoms with Crippen molar-refractivity contribution in [1.29, 1.82) is 0 Å². The van der Waals surface area contributed by atoms with Crippen LogP contribution in [0.2, 0.25) is 0 Å². The van der Waals surface area contributed by atoms with Gasteiger partial charge in [0.2, 0.25) is 0 Å². The zero-order valence-electron chi connectivity index (χ0n) is 17.0. The van der Waals surface area contributed by atoms with E-state index in [0.29, 0.717) is 30.2 Å². The summed E-state index contributed by atoms with van der Waals surface area (Å²) in [5, 5.41) is 7.06. The van der Waals surface area contributed by atoms with Crippen molar-refractivity contribution in [2.45, 2.75) is 32.5 Å². The number of amides is 1. The smallest absolute Gasteiger partial charge is 0.271 e. The lowest BCUT2D eigenvalue weighted by Crippen LogP contribution is -2.54. The van der Waals surface area contributed by atoms with Crippen molar-refractivity contribution >= 4 is 34.5 Å². The highest BCUT2D eigenvalue weighted by atomic mass is 127. The van der Waals surface area contributed by atoms with Gasteiger partial charge in [0.05, 0.1) is 35.1 Å². The number of rotatable bonds is 6. The topological polar surface area (TPSA) is 62.5 Å². The van der Waals surface area contributed by atoms with Crippen molar-refractivity contribution in [3.8, 4) is 11.1 Å². The van der Waals surface area contributed by atoms with Crippen LogP contribution in [0.1, 0.15) is 25.8 Å². The van der Waals surface area contributed by atoms with E-state index in [1.807, 2.05) is 60.4 Å². The first-order valence-corrected chi connectivity index (χ1v) is 10.8. The molecule has 156 valence electrons. The van der Waals surface area contributed by atoms with E-state index in [-0.39, 0.29) is 5.91 Å². The summed E-state index contributed by atoms with van der Waals surface area (Å²) >= 11 is 1.82. The number of aromatic nitrogens is 2. The quantitative estimate of drug-likeness (QED) is 0.478. The molecule has 2 heterocycles. The van der Waals surface area contributed by atoms with Gasteiger partial charge < -0.3 is 10.2 Å². The summed E-state index contributed by atoms with van der Waals surface area (Å²) in [6, 6.07) is 7.11. The van der Waals surface area contributed by atoms with E-state index in [0.717, 1.165) is 24.2 Å². The zero-order valence-corrected chi connectivity index (χ0v) is 19.1. The van der Waals surface area contributed by atoms with Gasteiger partial charge in [-0.3, -0.25) is 9.48 Å². The molecule has 1 aliphatic rings. The third-order valence-electron chi connectivity index (χ3n) is 5.04. The van der Waals surface area contributed by atoms with E-state index < -0.39 is 12.2 Å². The molecule has 0 saturated carbocycles. The Balaban J connectivity index is 1.69. The third kappa shape index (κ3) is 5.63. The average molecular weight is 511 g/mol. The molecule has 0 aliphatic carbocycles. The number of aryl methyl sites for hydroxylation is 1. The lowest BCUT2D eigenvalue weighted by Gasteiger charge is -2.35. The summed E-state index contributed by atoms with van der Waals surface area (Å²) < 4.78 is 20.6. The number of benzene rings is 1. The molecular formula is C21H27FIN5O. The molecule has 1 saturated heterocycles. The number of hydrogen-bond acceptors (Lipinski definition) is 4. The third-order valence-corrected chi connectivity index (χ3v) is 5.52. The van der Waals surface area contributed by atoms with Gasteiger partial charge in [-0.2, -0.15) is 5.10 Å². The van der Waals surface area contributed by atoms with E-state index in [4.69, 9.17) is 0 Å². The number of likely N-dealkylation sites (tertiary alicyclic amines) is 1. The number of halogens is 2. The first kappa shape index (κ1) is 21.9. The van der Waals surface area contributed by atoms with Gasteiger partial charge in [-0.15, -0.1) is 0 Å². The summed E-state index contributed by atoms with van der Waals surface area (Å²) in [5.74, 6) is 0.158. The van der Waals surface area contributed by atoms with Crippen molar-refractivity contribution < 1.29 is 9.18 Å². The minimum atomic E-state index is -1.08. The Morgan fingerprint density at radius 1 is 1.41 bits per heavy atom. The normalized spacial score (nSPS) is 20.8. The van der Waals surface area contributed by atoms with Gasteiger partial charge in [-0.05, 0) is 24.0 Å². The highest BCUT2D eigenvalue weighted by Crippen LogP contribution is 2.21. The van der Waals surface area contributed by atoms with Crippen LogP contribution in [0.25, 0.3) is 11.1 Å². The SMILES string of the molecule is CC(C)CN1CC[C@H](NC(=O)/C(=N/I)c2cccc(-c3cnn(C)c3)c2)[C@@H](F)C1. The van der Waals surface area contributed by atoms with E-state index >= 15 is 0 Å². The lowest BCUT2D eigenvalue weighted by atomic mass is 10.00. The van der Waals surface area contributed by atoms with E-state index in [2.05, 4.69) is 32.4 Å². The van der Waals surface area contributed by atoms with Crippen molar-refractivity contribution in [3.63, 3.8) is 0 Å². The number of carbonyl (C=O) groups is 1. The molecule has 2 aromatic rings. The molecule has 29 heavy (non-hydrogen) atoms. The number of nitrogens with one attached hydrogen (secondary N) is 1. The van der Waals surface area contributed by atoms with Crippen molar-refractivity contribution in [2.24, 2.45) is 16.2 Å². The Kier molecular flexibility index (Phi) is 7.39. The molecule has 1 N–H and O–H groups in total. The van der Waals surface area contributed by atoms with Crippen molar-refractivity contribution in [2.75, 3.05) is 19.6 Å². The van der Waals surface area contributed by atoms with Crippen LogP contribution in [-0.2, 0) is 11.8 Å². The van der Waals surface area contributed by atoms with E-state index in [9.17, 15) is 9.18 Å². The largest absolute Gasteiger partial charge is 0.345 e. The molecule has 0 unspecified atom stereocenters. The monoisotopic (exact) mass is 511 g/mol. The molecule has 1 aromatic heterocycles. The lowest BCUT2D eigenvalue weighted by molar-refractivity contribution is -0.116. The fourth-order valence-electron chi connectivity index (χ4n) is 3.68. The summed E-state index contributed by atoms with van der Waals surface area (Å²) in [7, 11) is 1.86. The van der Waals surface area contributed by atoms with Crippen LogP contribution in [0.5, 0.6) is 0 Å². The van der Waals surface area contributed by atoms with Gasteiger partial charge >= 0.3 is 0 Å². The molecular weight excluding hydrogens is 484 g/mol. The molecule has 1 fully saturated rings. The van der Waals surface area contributed by atoms with Crippen LogP contribution in [0.15, 0.2) is 39.9 Å². The van der Waals surface area contributed by atoms with Crippen molar-refractivity contribution in [3.05, 3.63) is 42.2 Å². The molecule has 0 spiro atoms. The summed E-state index contributed by atoms with van der Waals surface area (Å²) in [6.07, 6.45) is 3.21. The molecule has 8 heteroatoms. The maximum atomic E-state index is 14.7. The zero-order chi connectivity index (χ0) is 21.0. The van der Waals surface area contributed by atoms with Crippen LogP contribution >= 0.6 is 22.9 Å². The minimum absolute atomic E-state index is 0.299. The Morgan fingerprint density at radius 3 is 2.83 bits per heavy atom. The first-order valence-electron chi connectivity index (χ1n) is 9.83. The van der Waals surface area contributed by atoms with Gasteiger partial charge in [0.15, 0.2) is 0 Å². The van der Waals surface area contributed by atoms with Crippen LogP contribution in [0.4, 0.5) is 4.39 Å². The molecule has 6 nitrogen and oxygen atoms in total. The van der Waals surface area contributed by atoms with Crippen LogP contribution in [-0.4, -0.2) is 58.1 Å². The van der Waals surface area contributed by atoms with E-state index in [1.54, 1.807) is 10.9 Å². The standard InChI is InChI=1S/C21H27FIN5O/c1-14(2)11-28-8-7-19(18(22)13-28)25-21(29)20(26-23)16-6-4-5-15(9-16)17-10-24-27(3)12-17/h4-6,9-10,12,14,18-19H,7-8,11,13H2,1-3H3,(H,25,29)/b26-20+/t18-,19-/m0/s1. The number of piperidine rings is 1. The molecule has 0 radical (unpaired) electrons. The highest BCUT2D eigenvalue weighted by molar-refractivity contribution is 14.1. The number of nitrogens with zero attached hydrogens (tertiary/aromatic N) is 4. The van der Waals surface area contributed by atoms with Gasteiger partial charge in [0.1, 0.15) is 11.9 Å². The maximum Gasteiger partial charge on any atom is 0.271 e. The van der Waals surface area contributed by atoms with Crippen LogP contribution < -0.4 is 5.32 Å². The predicted molar refractivity (Wildman–Crippen MR) is 122 cm³/mol. The second kappa shape index (κ2) is 9.80. The van der Waals surface area contributed by atoms with Crippen molar-refractivity contribution in [1.82, 2.24) is 20.0 Å². The van der Waals surface area contributed by atoms with Crippen LogP contribution in [0.3, 0.4) is 0 Å².